The highest BCUT2D eigenvalue weighted by Gasteiger charge is 2.11. The second-order valence-corrected chi connectivity index (χ2v) is 7.67. The number of thiazole rings is 1. The number of carbonyl (C=O) groups excluding carboxylic acids is 1. The lowest BCUT2D eigenvalue weighted by atomic mass is 10.2. The third kappa shape index (κ3) is 3.95. The number of amides is 1. The summed E-state index contributed by atoms with van der Waals surface area (Å²) >= 11 is 3.70. The van der Waals surface area contributed by atoms with Gasteiger partial charge in [-0.25, -0.2) is 0 Å². The highest BCUT2D eigenvalue weighted by atomic mass is 127. The molecule has 3 aromatic rings. The number of hydrogen-bond donors (Lipinski definition) is 0. The molecular formula is C19H19IN2O2S. The molecule has 4 nitrogen and oxygen atoms in total. The van der Waals surface area contributed by atoms with Crippen LogP contribution in [-0.2, 0) is 6.54 Å². The van der Waals surface area contributed by atoms with Crippen LogP contribution in [0.3, 0.4) is 0 Å². The standard InChI is InChI=1S/C19H19IN2O2S/c1-3-11-22-16-10-9-13(24-4-2)12-17(16)25-19(22)21-18(23)14-7-5-6-8-15(14)20/h5-10,12H,3-4,11H2,1-2H3. The summed E-state index contributed by atoms with van der Waals surface area (Å²) in [5.41, 5.74) is 1.73. The lowest BCUT2D eigenvalue weighted by Gasteiger charge is -2.05. The molecule has 0 N–H and O–H groups in total. The quantitative estimate of drug-likeness (QED) is 0.505. The number of hydrogen-bond acceptors (Lipinski definition) is 3. The fourth-order valence-corrected chi connectivity index (χ4v) is 4.32. The van der Waals surface area contributed by atoms with Crippen LogP contribution < -0.4 is 9.54 Å². The molecule has 2 aromatic carbocycles. The molecule has 6 heteroatoms. The number of benzene rings is 2. The second kappa shape index (κ2) is 8.14. The van der Waals surface area contributed by atoms with Crippen LogP contribution in [0.1, 0.15) is 30.6 Å². The van der Waals surface area contributed by atoms with Crippen molar-refractivity contribution >= 4 is 50.1 Å². The van der Waals surface area contributed by atoms with Crippen molar-refractivity contribution in [2.45, 2.75) is 26.8 Å². The highest BCUT2D eigenvalue weighted by Crippen LogP contribution is 2.24. The Kier molecular flexibility index (Phi) is 5.90. The van der Waals surface area contributed by atoms with Gasteiger partial charge in [-0.15, -0.1) is 0 Å². The third-order valence-corrected chi connectivity index (χ3v) is 5.70. The molecular weight excluding hydrogens is 447 g/mol. The molecule has 0 spiro atoms. The van der Waals surface area contributed by atoms with E-state index >= 15 is 0 Å². The minimum Gasteiger partial charge on any atom is -0.494 e. The van der Waals surface area contributed by atoms with E-state index in [4.69, 9.17) is 4.74 Å². The molecule has 0 bridgehead atoms. The van der Waals surface area contributed by atoms with Gasteiger partial charge < -0.3 is 9.30 Å². The number of aryl methyl sites for hydroxylation is 1. The summed E-state index contributed by atoms with van der Waals surface area (Å²) in [4.78, 5) is 17.8. The van der Waals surface area contributed by atoms with E-state index in [0.717, 1.165) is 37.3 Å². The summed E-state index contributed by atoms with van der Waals surface area (Å²) < 4.78 is 9.69. The van der Waals surface area contributed by atoms with Crippen LogP contribution in [0.15, 0.2) is 47.5 Å². The number of halogens is 1. The van der Waals surface area contributed by atoms with Crippen LogP contribution >= 0.6 is 33.9 Å². The van der Waals surface area contributed by atoms with Crippen molar-refractivity contribution in [1.29, 1.82) is 0 Å². The molecule has 1 aromatic heterocycles. The summed E-state index contributed by atoms with van der Waals surface area (Å²) in [6, 6.07) is 13.6. The van der Waals surface area contributed by atoms with Gasteiger partial charge in [0.15, 0.2) is 4.80 Å². The Morgan fingerprint density at radius 1 is 1.24 bits per heavy atom. The van der Waals surface area contributed by atoms with E-state index in [1.165, 1.54) is 11.3 Å². The van der Waals surface area contributed by atoms with Gasteiger partial charge in [0, 0.05) is 10.1 Å². The summed E-state index contributed by atoms with van der Waals surface area (Å²) in [6.45, 7) is 5.55. The fraction of sp³-hybridized carbons (Fsp3) is 0.263. The van der Waals surface area contributed by atoms with Gasteiger partial charge in [0.2, 0.25) is 0 Å². The van der Waals surface area contributed by atoms with Crippen molar-refractivity contribution in [3.8, 4) is 5.75 Å². The van der Waals surface area contributed by atoms with Crippen molar-refractivity contribution in [3.63, 3.8) is 0 Å². The topological polar surface area (TPSA) is 43.6 Å². The van der Waals surface area contributed by atoms with E-state index in [9.17, 15) is 4.79 Å². The molecule has 0 saturated carbocycles. The van der Waals surface area contributed by atoms with E-state index < -0.39 is 0 Å². The highest BCUT2D eigenvalue weighted by molar-refractivity contribution is 14.1. The first kappa shape index (κ1) is 18.1. The lowest BCUT2D eigenvalue weighted by Crippen LogP contribution is -2.17. The molecule has 0 unspecified atom stereocenters. The summed E-state index contributed by atoms with van der Waals surface area (Å²) in [5.74, 6) is 0.641. The van der Waals surface area contributed by atoms with Crippen molar-refractivity contribution < 1.29 is 9.53 Å². The predicted molar refractivity (Wildman–Crippen MR) is 110 cm³/mol. The summed E-state index contributed by atoms with van der Waals surface area (Å²) in [6.07, 6.45) is 0.975. The first-order chi connectivity index (χ1) is 12.1. The average molecular weight is 466 g/mol. The van der Waals surface area contributed by atoms with Gasteiger partial charge in [0.1, 0.15) is 5.75 Å². The molecule has 130 valence electrons. The Bertz CT molecular complexity index is 975. The molecule has 3 rings (SSSR count). The number of ether oxygens (including phenoxy) is 1. The minimum atomic E-state index is -0.202. The number of nitrogens with zero attached hydrogens (tertiary/aromatic N) is 2. The van der Waals surface area contributed by atoms with Crippen LogP contribution in [0.25, 0.3) is 10.2 Å². The zero-order valence-corrected chi connectivity index (χ0v) is 17.1. The van der Waals surface area contributed by atoms with Crippen LogP contribution in [0.5, 0.6) is 5.75 Å². The zero-order chi connectivity index (χ0) is 17.8. The first-order valence-corrected chi connectivity index (χ1v) is 10.1. The van der Waals surface area contributed by atoms with E-state index in [1.807, 2.05) is 49.4 Å². The molecule has 1 amide bonds. The van der Waals surface area contributed by atoms with Crippen molar-refractivity contribution in [2.75, 3.05) is 6.61 Å². The molecule has 0 atom stereocenters. The smallest absolute Gasteiger partial charge is 0.280 e. The monoisotopic (exact) mass is 466 g/mol. The number of rotatable bonds is 5. The summed E-state index contributed by atoms with van der Waals surface area (Å²) in [7, 11) is 0. The van der Waals surface area contributed by atoms with Gasteiger partial charge in [-0.05, 0) is 66.3 Å². The Balaban J connectivity index is 2.12. The van der Waals surface area contributed by atoms with Crippen LogP contribution in [0, 0.1) is 3.57 Å². The summed E-state index contributed by atoms with van der Waals surface area (Å²) in [5, 5.41) is 0. The minimum absolute atomic E-state index is 0.202. The lowest BCUT2D eigenvalue weighted by molar-refractivity contribution is 0.0997. The van der Waals surface area contributed by atoms with Gasteiger partial charge in [-0.2, -0.15) is 4.99 Å². The Labute approximate surface area is 164 Å². The molecule has 0 saturated heterocycles. The van der Waals surface area contributed by atoms with Gasteiger partial charge in [0.05, 0.1) is 22.4 Å². The van der Waals surface area contributed by atoms with E-state index in [-0.39, 0.29) is 5.91 Å². The SMILES string of the molecule is CCCn1c(=NC(=O)c2ccccc2I)sc2cc(OCC)ccc21. The van der Waals surface area contributed by atoms with Gasteiger partial charge in [0.25, 0.3) is 5.91 Å². The van der Waals surface area contributed by atoms with Crippen molar-refractivity contribution in [1.82, 2.24) is 4.57 Å². The fourth-order valence-electron chi connectivity index (χ4n) is 2.62. The third-order valence-electron chi connectivity index (χ3n) is 3.71. The van der Waals surface area contributed by atoms with Crippen LogP contribution in [0.4, 0.5) is 0 Å². The predicted octanol–water partition coefficient (Wildman–Crippen LogP) is 4.86. The molecule has 0 aliphatic heterocycles. The Hall–Kier alpha value is -1.67. The number of aromatic nitrogens is 1. The van der Waals surface area contributed by atoms with Crippen LogP contribution in [-0.4, -0.2) is 17.1 Å². The van der Waals surface area contributed by atoms with E-state index in [2.05, 4.69) is 39.1 Å². The first-order valence-electron chi connectivity index (χ1n) is 8.23. The van der Waals surface area contributed by atoms with Gasteiger partial charge in [-0.3, -0.25) is 4.79 Å². The largest absolute Gasteiger partial charge is 0.494 e. The van der Waals surface area contributed by atoms with Gasteiger partial charge in [-0.1, -0.05) is 30.4 Å². The Morgan fingerprint density at radius 3 is 2.76 bits per heavy atom. The van der Waals surface area contributed by atoms with E-state index in [1.54, 1.807) is 0 Å². The maximum absolute atomic E-state index is 12.6. The van der Waals surface area contributed by atoms with Crippen molar-refractivity contribution in [3.05, 3.63) is 56.4 Å². The maximum Gasteiger partial charge on any atom is 0.280 e. The normalized spacial score (nSPS) is 11.9. The molecule has 0 aliphatic carbocycles. The number of carbonyl (C=O) groups is 1. The zero-order valence-electron chi connectivity index (χ0n) is 14.2. The Morgan fingerprint density at radius 2 is 2.04 bits per heavy atom. The van der Waals surface area contributed by atoms with E-state index in [0.29, 0.717) is 12.2 Å². The van der Waals surface area contributed by atoms with Crippen LogP contribution in [0.2, 0.25) is 0 Å². The molecule has 25 heavy (non-hydrogen) atoms. The average Bonchev–Trinajstić information content (AvgIpc) is 2.92. The maximum atomic E-state index is 12.6. The second-order valence-electron chi connectivity index (χ2n) is 5.50. The molecule has 0 fully saturated rings. The molecule has 0 aliphatic rings. The van der Waals surface area contributed by atoms with Gasteiger partial charge >= 0.3 is 0 Å². The number of fused-ring (bicyclic) bond motifs is 1. The van der Waals surface area contributed by atoms with Crippen molar-refractivity contribution in [2.24, 2.45) is 4.99 Å². The molecule has 1 heterocycles. The molecule has 0 radical (unpaired) electrons.